The van der Waals surface area contributed by atoms with Crippen molar-refractivity contribution in [2.45, 2.75) is 13.8 Å². The molecule has 0 bridgehead atoms. The first kappa shape index (κ1) is 15.6. The Bertz CT molecular complexity index is 711. The monoisotopic (exact) mass is 298 g/mol. The van der Waals surface area contributed by atoms with Gasteiger partial charge in [-0.05, 0) is 49.7 Å². The fraction of sp³-hybridized carbons (Fsp3) is 0.176. The average molecular weight is 298 g/mol. The van der Waals surface area contributed by atoms with Gasteiger partial charge in [-0.3, -0.25) is 4.79 Å². The first-order valence-electron chi connectivity index (χ1n) is 6.96. The number of ether oxygens (including phenoxy) is 1. The zero-order valence-corrected chi connectivity index (χ0v) is 12.6. The fourth-order valence-corrected chi connectivity index (χ4v) is 1.97. The van der Waals surface area contributed by atoms with Crippen LogP contribution in [0.5, 0.6) is 0 Å². The van der Waals surface area contributed by atoms with Gasteiger partial charge in [0, 0.05) is 16.9 Å². The van der Waals surface area contributed by atoms with E-state index in [1.807, 2.05) is 6.92 Å². The molecule has 2 rings (SSSR count). The first-order valence-corrected chi connectivity index (χ1v) is 6.96. The molecule has 0 saturated carbocycles. The molecule has 0 aromatic heterocycles. The zero-order valence-electron chi connectivity index (χ0n) is 12.6. The molecular formula is C17H18N2O3. The maximum atomic E-state index is 12.2. The number of carbonyl (C=O) groups is 2. The van der Waals surface area contributed by atoms with Crippen LogP contribution in [-0.4, -0.2) is 18.5 Å². The van der Waals surface area contributed by atoms with Crippen LogP contribution in [0, 0.1) is 6.92 Å². The number of anilines is 2. The van der Waals surface area contributed by atoms with Crippen LogP contribution in [0.2, 0.25) is 0 Å². The number of aryl methyl sites for hydroxylation is 1. The second-order valence-corrected chi connectivity index (χ2v) is 4.83. The number of esters is 1. The molecule has 0 unspecified atom stereocenters. The second-order valence-electron chi connectivity index (χ2n) is 4.83. The average Bonchev–Trinajstić information content (AvgIpc) is 2.49. The normalized spacial score (nSPS) is 10.1. The highest BCUT2D eigenvalue weighted by Gasteiger charge is 2.12. The molecule has 2 aromatic rings. The minimum Gasteiger partial charge on any atom is -0.462 e. The van der Waals surface area contributed by atoms with Crippen LogP contribution in [0.3, 0.4) is 0 Å². The van der Waals surface area contributed by atoms with Gasteiger partial charge in [0.05, 0.1) is 12.2 Å². The fourth-order valence-electron chi connectivity index (χ4n) is 1.97. The second kappa shape index (κ2) is 6.76. The molecule has 0 aliphatic rings. The molecule has 114 valence electrons. The van der Waals surface area contributed by atoms with Gasteiger partial charge in [0.2, 0.25) is 0 Å². The summed E-state index contributed by atoms with van der Waals surface area (Å²) < 4.78 is 4.96. The molecule has 5 nitrogen and oxygen atoms in total. The number of hydrogen-bond donors (Lipinski definition) is 2. The van der Waals surface area contributed by atoms with Gasteiger partial charge in [-0.25, -0.2) is 4.79 Å². The zero-order chi connectivity index (χ0) is 16.1. The van der Waals surface area contributed by atoms with Crippen molar-refractivity contribution in [3.63, 3.8) is 0 Å². The molecule has 5 heteroatoms. The lowest BCUT2D eigenvalue weighted by Crippen LogP contribution is -2.14. The Morgan fingerprint density at radius 2 is 1.91 bits per heavy atom. The third-order valence-electron chi connectivity index (χ3n) is 3.15. The summed E-state index contributed by atoms with van der Waals surface area (Å²) in [5.41, 5.74) is 8.47. The highest BCUT2D eigenvalue weighted by molar-refractivity contribution is 6.05. The van der Waals surface area contributed by atoms with Crippen molar-refractivity contribution in [1.29, 1.82) is 0 Å². The van der Waals surface area contributed by atoms with Gasteiger partial charge in [-0.1, -0.05) is 12.1 Å². The molecule has 0 saturated heterocycles. The summed E-state index contributed by atoms with van der Waals surface area (Å²) in [5.74, 6) is -0.696. The van der Waals surface area contributed by atoms with Crippen molar-refractivity contribution in [1.82, 2.24) is 0 Å². The van der Waals surface area contributed by atoms with Crippen LogP contribution in [0.15, 0.2) is 42.5 Å². The third kappa shape index (κ3) is 3.63. The number of nitrogen functional groups attached to an aromatic ring is 1. The SMILES string of the molecule is CCOC(=O)c1ccc(C)c(NC(=O)c2cccc(N)c2)c1. The van der Waals surface area contributed by atoms with E-state index < -0.39 is 5.97 Å². The minimum absolute atomic E-state index is 0.281. The maximum Gasteiger partial charge on any atom is 0.338 e. The third-order valence-corrected chi connectivity index (χ3v) is 3.15. The first-order chi connectivity index (χ1) is 10.5. The summed E-state index contributed by atoms with van der Waals surface area (Å²) in [7, 11) is 0. The number of rotatable bonds is 4. The van der Waals surface area contributed by atoms with E-state index in [9.17, 15) is 9.59 Å². The molecule has 0 spiro atoms. The molecule has 0 atom stereocenters. The molecule has 0 aliphatic heterocycles. The molecule has 0 radical (unpaired) electrons. The minimum atomic E-state index is -0.415. The van der Waals surface area contributed by atoms with Gasteiger partial charge >= 0.3 is 5.97 Å². The molecule has 2 aromatic carbocycles. The van der Waals surface area contributed by atoms with Crippen molar-refractivity contribution < 1.29 is 14.3 Å². The van der Waals surface area contributed by atoms with Crippen LogP contribution in [0.1, 0.15) is 33.2 Å². The standard InChI is InChI=1S/C17H18N2O3/c1-3-22-17(21)13-8-7-11(2)15(10-13)19-16(20)12-5-4-6-14(18)9-12/h4-10H,3,18H2,1-2H3,(H,19,20). The van der Waals surface area contributed by atoms with Crippen molar-refractivity contribution in [3.8, 4) is 0 Å². The molecule has 3 N–H and O–H groups in total. The predicted octanol–water partition coefficient (Wildman–Crippen LogP) is 3.01. The Kier molecular flexibility index (Phi) is 4.78. The number of nitrogens with two attached hydrogens (primary N) is 1. The quantitative estimate of drug-likeness (QED) is 0.671. The smallest absolute Gasteiger partial charge is 0.338 e. The lowest BCUT2D eigenvalue weighted by atomic mass is 10.1. The Balaban J connectivity index is 2.23. The summed E-state index contributed by atoms with van der Waals surface area (Å²) in [6.07, 6.45) is 0. The summed E-state index contributed by atoms with van der Waals surface area (Å²) in [5, 5.41) is 2.79. The highest BCUT2D eigenvalue weighted by atomic mass is 16.5. The topological polar surface area (TPSA) is 81.4 Å². The van der Waals surface area contributed by atoms with Crippen LogP contribution >= 0.6 is 0 Å². The van der Waals surface area contributed by atoms with Gasteiger partial charge in [0.15, 0.2) is 0 Å². The van der Waals surface area contributed by atoms with E-state index in [0.29, 0.717) is 29.1 Å². The molecule has 22 heavy (non-hydrogen) atoms. The molecule has 0 aliphatic carbocycles. The summed E-state index contributed by atoms with van der Waals surface area (Å²) in [6.45, 7) is 3.90. The van der Waals surface area contributed by atoms with Crippen LogP contribution < -0.4 is 11.1 Å². The van der Waals surface area contributed by atoms with Crippen molar-refractivity contribution in [2.24, 2.45) is 0 Å². The summed E-state index contributed by atoms with van der Waals surface area (Å²) in [4.78, 5) is 24.0. The van der Waals surface area contributed by atoms with Gasteiger partial charge in [0.1, 0.15) is 0 Å². The summed E-state index contributed by atoms with van der Waals surface area (Å²) >= 11 is 0. The van der Waals surface area contributed by atoms with Crippen molar-refractivity contribution in [3.05, 3.63) is 59.2 Å². The molecule has 0 fully saturated rings. The maximum absolute atomic E-state index is 12.2. The van der Waals surface area contributed by atoms with Crippen LogP contribution in [-0.2, 0) is 4.74 Å². The van der Waals surface area contributed by atoms with E-state index in [1.165, 1.54) is 0 Å². The Hall–Kier alpha value is -2.82. The lowest BCUT2D eigenvalue weighted by Gasteiger charge is -2.10. The Labute approximate surface area is 129 Å². The van der Waals surface area contributed by atoms with Gasteiger partial charge in [0.25, 0.3) is 5.91 Å². The molecule has 1 amide bonds. The van der Waals surface area contributed by atoms with E-state index in [2.05, 4.69) is 5.32 Å². The van der Waals surface area contributed by atoms with E-state index in [1.54, 1.807) is 49.4 Å². The predicted molar refractivity (Wildman–Crippen MR) is 85.9 cm³/mol. The summed E-state index contributed by atoms with van der Waals surface area (Å²) in [6, 6.07) is 11.7. The molecular weight excluding hydrogens is 280 g/mol. The van der Waals surface area contributed by atoms with Crippen molar-refractivity contribution in [2.75, 3.05) is 17.7 Å². The van der Waals surface area contributed by atoms with E-state index in [-0.39, 0.29) is 5.91 Å². The number of carbonyl (C=O) groups excluding carboxylic acids is 2. The Morgan fingerprint density at radius 1 is 1.14 bits per heavy atom. The lowest BCUT2D eigenvalue weighted by molar-refractivity contribution is 0.0526. The molecule has 0 heterocycles. The number of nitrogens with one attached hydrogen (secondary N) is 1. The number of benzene rings is 2. The van der Waals surface area contributed by atoms with E-state index in [4.69, 9.17) is 10.5 Å². The Morgan fingerprint density at radius 3 is 2.59 bits per heavy atom. The highest BCUT2D eigenvalue weighted by Crippen LogP contribution is 2.19. The largest absolute Gasteiger partial charge is 0.462 e. The van der Waals surface area contributed by atoms with E-state index >= 15 is 0 Å². The number of hydrogen-bond acceptors (Lipinski definition) is 4. The van der Waals surface area contributed by atoms with Crippen LogP contribution in [0.25, 0.3) is 0 Å². The van der Waals surface area contributed by atoms with E-state index in [0.717, 1.165) is 5.56 Å². The van der Waals surface area contributed by atoms with Crippen molar-refractivity contribution >= 4 is 23.3 Å². The number of amides is 1. The van der Waals surface area contributed by atoms with Crippen LogP contribution in [0.4, 0.5) is 11.4 Å². The van der Waals surface area contributed by atoms with Gasteiger partial charge < -0.3 is 15.8 Å². The van der Waals surface area contributed by atoms with Gasteiger partial charge in [-0.15, -0.1) is 0 Å². The van der Waals surface area contributed by atoms with Gasteiger partial charge in [-0.2, -0.15) is 0 Å².